The summed E-state index contributed by atoms with van der Waals surface area (Å²) >= 11 is 0. The minimum Gasteiger partial charge on any atom is -0.478 e. The fourth-order valence-corrected chi connectivity index (χ4v) is 2.48. The first-order valence-electron chi connectivity index (χ1n) is 5.95. The van der Waals surface area contributed by atoms with Crippen molar-refractivity contribution in [2.75, 3.05) is 0 Å². The van der Waals surface area contributed by atoms with Gasteiger partial charge < -0.3 is 10.1 Å². The third-order valence-corrected chi connectivity index (χ3v) is 3.95. The average molecular weight is 307 g/mol. The van der Waals surface area contributed by atoms with Crippen LogP contribution in [0.15, 0.2) is 47.9 Å². The molecule has 0 aliphatic heterocycles. The van der Waals surface area contributed by atoms with Crippen LogP contribution >= 0.6 is 0 Å². The van der Waals surface area contributed by atoms with E-state index in [0.717, 1.165) is 17.2 Å². The second kappa shape index (κ2) is 6.33. The van der Waals surface area contributed by atoms with Gasteiger partial charge in [0, 0.05) is 12.6 Å². The Labute approximate surface area is 121 Å². The zero-order valence-corrected chi connectivity index (χ0v) is 11.7. The second-order valence-corrected chi connectivity index (χ2v) is 5.89. The minimum atomic E-state index is -3.61. The van der Waals surface area contributed by atoms with E-state index >= 15 is 0 Å². The zero-order valence-electron chi connectivity index (χ0n) is 10.9. The monoisotopic (exact) mass is 307 g/mol. The van der Waals surface area contributed by atoms with E-state index in [1.807, 2.05) is 0 Å². The molecule has 0 amide bonds. The molecule has 0 spiro atoms. The third kappa shape index (κ3) is 4.26. The van der Waals surface area contributed by atoms with Crippen LogP contribution in [0.2, 0.25) is 0 Å². The predicted octanol–water partition coefficient (Wildman–Crippen LogP) is 0.986. The number of carboxylic acids is 1. The highest BCUT2D eigenvalue weighted by Crippen LogP contribution is 2.08. The molecule has 0 aliphatic carbocycles. The maximum atomic E-state index is 11.9. The van der Waals surface area contributed by atoms with E-state index < -0.39 is 16.0 Å². The smallest absolute Gasteiger partial charge is 0.328 e. The Bertz CT molecular complexity index is 734. The van der Waals surface area contributed by atoms with Gasteiger partial charge in [-0.25, -0.2) is 22.9 Å². The molecule has 0 radical (unpaired) electrons. The molecule has 8 heteroatoms. The van der Waals surface area contributed by atoms with Gasteiger partial charge in [0.05, 0.1) is 12.5 Å². The van der Waals surface area contributed by atoms with Crippen LogP contribution in [-0.4, -0.2) is 29.5 Å². The second-order valence-electron chi connectivity index (χ2n) is 4.15. The summed E-state index contributed by atoms with van der Waals surface area (Å²) in [5, 5.41) is 8.53. The Hall–Kier alpha value is -2.45. The van der Waals surface area contributed by atoms with Gasteiger partial charge in [0.2, 0.25) is 0 Å². The molecule has 0 aliphatic rings. The summed E-state index contributed by atoms with van der Waals surface area (Å²) in [6, 6.07) is 6.85. The van der Waals surface area contributed by atoms with Gasteiger partial charge in [-0.15, -0.1) is 0 Å². The van der Waals surface area contributed by atoms with E-state index in [1.165, 1.54) is 18.6 Å². The molecule has 0 unspecified atom stereocenters. The SMILES string of the molecule is O=C(O)C=Cc1ccc(CNS(=O)(=O)c2cnc[nH]2)cc1. The van der Waals surface area contributed by atoms with Crippen molar-refractivity contribution in [2.45, 2.75) is 11.6 Å². The number of nitrogens with zero attached hydrogens (tertiary/aromatic N) is 1. The van der Waals surface area contributed by atoms with Crippen molar-refractivity contribution in [1.82, 2.24) is 14.7 Å². The van der Waals surface area contributed by atoms with E-state index in [2.05, 4.69) is 14.7 Å². The van der Waals surface area contributed by atoms with Gasteiger partial charge in [0.1, 0.15) is 0 Å². The Kier molecular flexibility index (Phi) is 4.51. The molecule has 2 rings (SSSR count). The Morgan fingerprint density at radius 3 is 2.62 bits per heavy atom. The summed E-state index contributed by atoms with van der Waals surface area (Å²) < 4.78 is 26.1. The maximum absolute atomic E-state index is 11.9. The largest absolute Gasteiger partial charge is 0.478 e. The minimum absolute atomic E-state index is 0.00325. The number of carboxylic acid groups (broad SMARTS) is 1. The lowest BCUT2D eigenvalue weighted by atomic mass is 10.1. The van der Waals surface area contributed by atoms with Crippen molar-refractivity contribution >= 4 is 22.1 Å². The van der Waals surface area contributed by atoms with Crippen molar-refractivity contribution < 1.29 is 18.3 Å². The van der Waals surface area contributed by atoms with Gasteiger partial charge >= 0.3 is 5.97 Å². The number of H-pyrrole nitrogens is 1. The Morgan fingerprint density at radius 2 is 2.05 bits per heavy atom. The number of hydrogen-bond acceptors (Lipinski definition) is 4. The van der Waals surface area contributed by atoms with Crippen LogP contribution in [0.4, 0.5) is 0 Å². The first-order valence-corrected chi connectivity index (χ1v) is 7.44. The fraction of sp³-hybridized carbons (Fsp3) is 0.0769. The summed E-state index contributed by atoms with van der Waals surface area (Å²) in [6.45, 7) is 0.129. The van der Waals surface area contributed by atoms with Crippen LogP contribution in [0.3, 0.4) is 0 Å². The molecule has 0 saturated carbocycles. The number of sulfonamides is 1. The lowest BCUT2D eigenvalue weighted by Gasteiger charge is -2.05. The summed E-state index contributed by atoms with van der Waals surface area (Å²) in [6.07, 6.45) is 5.01. The van der Waals surface area contributed by atoms with Gasteiger partial charge in [-0.05, 0) is 17.2 Å². The number of hydrogen-bond donors (Lipinski definition) is 3. The van der Waals surface area contributed by atoms with Crippen LogP contribution in [0.5, 0.6) is 0 Å². The number of rotatable bonds is 6. The van der Waals surface area contributed by atoms with Crippen molar-refractivity contribution in [3.63, 3.8) is 0 Å². The molecule has 21 heavy (non-hydrogen) atoms. The summed E-state index contributed by atoms with van der Waals surface area (Å²) in [5.41, 5.74) is 1.48. The van der Waals surface area contributed by atoms with Crippen LogP contribution < -0.4 is 4.72 Å². The summed E-state index contributed by atoms with van der Waals surface area (Å²) in [7, 11) is -3.61. The van der Waals surface area contributed by atoms with Crippen LogP contribution in [0.1, 0.15) is 11.1 Å². The summed E-state index contributed by atoms with van der Waals surface area (Å²) in [4.78, 5) is 16.6. The first kappa shape index (κ1) is 14.9. The molecule has 1 aromatic heterocycles. The van der Waals surface area contributed by atoms with Crippen molar-refractivity contribution in [2.24, 2.45) is 0 Å². The molecular weight excluding hydrogens is 294 g/mol. The van der Waals surface area contributed by atoms with E-state index in [0.29, 0.717) is 0 Å². The van der Waals surface area contributed by atoms with Crippen molar-refractivity contribution in [3.05, 3.63) is 54.0 Å². The Balaban J connectivity index is 2.00. The number of carbonyl (C=O) groups is 1. The van der Waals surface area contributed by atoms with Crippen LogP contribution in [-0.2, 0) is 21.4 Å². The van der Waals surface area contributed by atoms with Gasteiger partial charge in [0.15, 0.2) is 5.03 Å². The van der Waals surface area contributed by atoms with E-state index in [9.17, 15) is 13.2 Å². The molecule has 0 atom stereocenters. The standard InChI is InChI=1S/C13H13N3O4S/c17-13(18)6-5-10-1-3-11(4-2-10)7-16-21(19,20)12-8-14-9-15-12/h1-6,8-9,16H,7H2,(H,14,15)(H,17,18). The Morgan fingerprint density at radius 1 is 1.33 bits per heavy atom. The topological polar surface area (TPSA) is 112 Å². The van der Waals surface area contributed by atoms with Crippen molar-refractivity contribution in [3.8, 4) is 0 Å². The highest BCUT2D eigenvalue weighted by Gasteiger charge is 2.14. The molecule has 0 fully saturated rings. The van der Waals surface area contributed by atoms with Crippen molar-refractivity contribution in [1.29, 1.82) is 0 Å². The average Bonchev–Trinajstić information content (AvgIpc) is 2.99. The van der Waals surface area contributed by atoms with Gasteiger partial charge in [-0.1, -0.05) is 24.3 Å². The molecule has 0 bridgehead atoms. The van der Waals surface area contributed by atoms with Crippen LogP contribution in [0.25, 0.3) is 6.08 Å². The summed E-state index contributed by atoms with van der Waals surface area (Å²) in [5.74, 6) is -1.02. The lowest BCUT2D eigenvalue weighted by molar-refractivity contribution is -0.131. The zero-order chi connectivity index (χ0) is 15.3. The maximum Gasteiger partial charge on any atom is 0.328 e. The molecule has 1 aromatic carbocycles. The number of benzene rings is 1. The van der Waals surface area contributed by atoms with Gasteiger partial charge in [-0.3, -0.25) is 0 Å². The molecular formula is C13H13N3O4S. The van der Waals surface area contributed by atoms with Crippen LogP contribution in [0, 0.1) is 0 Å². The number of nitrogens with one attached hydrogen (secondary N) is 2. The number of aliphatic carboxylic acids is 1. The normalized spacial score (nSPS) is 11.8. The molecule has 3 N–H and O–H groups in total. The first-order chi connectivity index (χ1) is 9.97. The van der Waals surface area contributed by atoms with Gasteiger partial charge in [0.25, 0.3) is 10.0 Å². The highest BCUT2D eigenvalue weighted by atomic mass is 32.2. The van der Waals surface area contributed by atoms with E-state index in [-0.39, 0.29) is 11.6 Å². The predicted molar refractivity (Wildman–Crippen MR) is 75.7 cm³/mol. The molecule has 0 saturated heterocycles. The lowest BCUT2D eigenvalue weighted by Crippen LogP contribution is -2.23. The van der Waals surface area contributed by atoms with E-state index in [4.69, 9.17) is 5.11 Å². The fourth-order valence-electron chi connectivity index (χ4n) is 1.56. The molecule has 1 heterocycles. The molecule has 2 aromatic rings. The quantitative estimate of drug-likeness (QED) is 0.689. The number of aromatic nitrogens is 2. The number of aromatic amines is 1. The highest BCUT2D eigenvalue weighted by molar-refractivity contribution is 7.89. The molecule has 7 nitrogen and oxygen atoms in total. The third-order valence-electron chi connectivity index (χ3n) is 2.63. The number of imidazole rings is 1. The van der Waals surface area contributed by atoms with Gasteiger partial charge in [-0.2, -0.15) is 0 Å². The van der Waals surface area contributed by atoms with E-state index in [1.54, 1.807) is 24.3 Å². The molecule has 110 valence electrons.